The minimum absolute atomic E-state index is 0.0522. The third kappa shape index (κ3) is 7.76. The molecule has 2 rings (SSSR count). The number of amides is 2. The summed E-state index contributed by atoms with van der Waals surface area (Å²) < 4.78 is 41.5. The number of benzene rings is 1. The number of anilines is 1. The third-order valence-electron chi connectivity index (χ3n) is 4.12. The van der Waals surface area contributed by atoms with Crippen LogP contribution >= 0.6 is 0 Å². The van der Waals surface area contributed by atoms with Gasteiger partial charge < -0.3 is 15.4 Å². The highest BCUT2D eigenvalue weighted by molar-refractivity contribution is 5.90. The Labute approximate surface area is 172 Å². The first-order valence-corrected chi connectivity index (χ1v) is 9.32. The second-order valence-corrected chi connectivity index (χ2v) is 7.74. The second-order valence-electron chi connectivity index (χ2n) is 7.74. The molecule has 2 N–H and O–H groups in total. The van der Waals surface area contributed by atoms with Gasteiger partial charge in [0.1, 0.15) is 5.82 Å². The first kappa shape index (κ1) is 23.2. The van der Waals surface area contributed by atoms with Crippen molar-refractivity contribution in [2.45, 2.75) is 45.3 Å². The van der Waals surface area contributed by atoms with E-state index < -0.39 is 24.8 Å². The molecule has 1 aromatic heterocycles. The summed E-state index contributed by atoms with van der Waals surface area (Å²) in [6.07, 6.45) is -4.41. The van der Waals surface area contributed by atoms with Gasteiger partial charge >= 0.3 is 12.3 Å². The fraction of sp³-hybridized carbons (Fsp3) is 0.450. The van der Waals surface area contributed by atoms with Crippen LogP contribution in [0.1, 0.15) is 38.3 Å². The molecule has 2 aromatic rings. The lowest BCUT2D eigenvalue weighted by atomic mass is 9.87. The molecule has 0 spiro atoms. The van der Waals surface area contributed by atoms with E-state index in [-0.39, 0.29) is 18.4 Å². The van der Waals surface area contributed by atoms with E-state index in [1.807, 2.05) is 12.1 Å². The van der Waals surface area contributed by atoms with Crippen LogP contribution in [0.3, 0.4) is 0 Å². The number of hydrogen-bond acceptors (Lipinski definition) is 4. The summed E-state index contributed by atoms with van der Waals surface area (Å²) in [6.45, 7) is 5.01. The number of hydrogen-bond donors (Lipinski definition) is 2. The van der Waals surface area contributed by atoms with Crippen LogP contribution in [0.2, 0.25) is 0 Å². The topological polar surface area (TPSA) is 85.3 Å². The number of rotatable bonds is 7. The largest absolute Gasteiger partial charge is 0.440 e. The number of nitrogens with one attached hydrogen (secondary N) is 2. The van der Waals surface area contributed by atoms with Crippen molar-refractivity contribution < 1.29 is 27.5 Å². The molecule has 164 valence electrons. The van der Waals surface area contributed by atoms with E-state index >= 15 is 0 Å². The van der Waals surface area contributed by atoms with E-state index in [1.54, 1.807) is 16.9 Å². The predicted octanol–water partition coefficient (Wildman–Crippen LogP) is 3.85. The van der Waals surface area contributed by atoms with E-state index in [2.05, 4.69) is 53.4 Å². The third-order valence-corrected chi connectivity index (χ3v) is 4.12. The summed E-state index contributed by atoms with van der Waals surface area (Å²) in [6, 6.07) is 9.75. The standard InChI is InChI=1S/C20H25F3N4O3/c1-19(2,3)15-6-4-14(5-7-15)12-27-16(8-11-25-27)26-17(28)9-10-24-18(29)30-13-20(21,22)23/h4-8,11H,9-10,12-13H2,1-3H3,(H,24,29)(H,26,28). The number of alkyl halides is 3. The molecule has 0 radical (unpaired) electrons. The Hall–Kier alpha value is -3.04. The molecule has 0 aliphatic rings. The van der Waals surface area contributed by atoms with E-state index in [9.17, 15) is 22.8 Å². The number of alkyl carbamates (subject to hydrolysis) is 1. The molecule has 0 aliphatic heterocycles. The molecule has 7 nitrogen and oxygen atoms in total. The minimum Gasteiger partial charge on any atom is -0.440 e. The molecule has 0 atom stereocenters. The van der Waals surface area contributed by atoms with Crippen molar-refractivity contribution in [3.8, 4) is 0 Å². The first-order chi connectivity index (χ1) is 13.9. The molecular weight excluding hydrogens is 401 g/mol. The van der Waals surface area contributed by atoms with E-state index in [4.69, 9.17) is 0 Å². The molecule has 0 fully saturated rings. The monoisotopic (exact) mass is 426 g/mol. The van der Waals surface area contributed by atoms with Gasteiger partial charge in [0.15, 0.2) is 6.61 Å². The molecule has 0 saturated carbocycles. The number of nitrogens with zero attached hydrogens (tertiary/aromatic N) is 2. The van der Waals surface area contributed by atoms with E-state index in [1.165, 1.54) is 5.56 Å². The Kier molecular flexibility index (Phi) is 7.47. The smallest absolute Gasteiger partial charge is 0.422 e. The maximum absolute atomic E-state index is 12.0. The summed E-state index contributed by atoms with van der Waals surface area (Å²) in [5.41, 5.74) is 2.27. The lowest BCUT2D eigenvalue weighted by Gasteiger charge is -2.19. The van der Waals surface area contributed by atoms with Gasteiger partial charge in [-0.15, -0.1) is 0 Å². The summed E-state index contributed by atoms with van der Waals surface area (Å²) in [5, 5.41) is 8.96. The number of halogens is 3. The maximum atomic E-state index is 12.0. The van der Waals surface area contributed by atoms with Crippen LogP contribution in [0.4, 0.5) is 23.8 Å². The fourth-order valence-corrected chi connectivity index (χ4v) is 2.53. The predicted molar refractivity (Wildman–Crippen MR) is 105 cm³/mol. The van der Waals surface area contributed by atoms with Crippen molar-refractivity contribution >= 4 is 17.8 Å². The lowest BCUT2D eigenvalue weighted by Crippen LogP contribution is -2.31. The average molecular weight is 426 g/mol. The number of ether oxygens (including phenoxy) is 1. The Balaban J connectivity index is 1.82. The molecule has 0 bridgehead atoms. The number of aromatic nitrogens is 2. The lowest BCUT2D eigenvalue weighted by molar-refractivity contribution is -0.160. The van der Waals surface area contributed by atoms with E-state index in [0.717, 1.165) is 5.56 Å². The van der Waals surface area contributed by atoms with Crippen LogP contribution < -0.4 is 10.6 Å². The summed E-state index contributed by atoms with van der Waals surface area (Å²) in [4.78, 5) is 23.2. The first-order valence-electron chi connectivity index (χ1n) is 9.32. The van der Waals surface area contributed by atoms with Crippen LogP contribution in [0.15, 0.2) is 36.5 Å². The van der Waals surface area contributed by atoms with Gasteiger partial charge in [-0.3, -0.25) is 4.79 Å². The highest BCUT2D eigenvalue weighted by Crippen LogP contribution is 2.22. The zero-order valence-electron chi connectivity index (χ0n) is 17.0. The molecule has 1 aromatic carbocycles. The fourth-order valence-electron chi connectivity index (χ4n) is 2.53. The second kappa shape index (κ2) is 9.64. The quantitative estimate of drug-likeness (QED) is 0.704. The van der Waals surface area contributed by atoms with Crippen molar-refractivity contribution in [2.75, 3.05) is 18.5 Å². The Morgan fingerprint density at radius 2 is 1.77 bits per heavy atom. The average Bonchev–Trinajstić information content (AvgIpc) is 3.05. The summed E-state index contributed by atoms with van der Waals surface area (Å²) in [7, 11) is 0. The van der Waals surface area contributed by atoms with Crippen LogP contribution in [-0.4, -0.2) is 41.1 Å². The molecule has 10 heteroatoms. The molecule has 2 amide bonds. The SMILES string of the molecule is CC(C)(C)c1ccc(Cn2nccc2NC(=O)CCNC(=O)OCC(F)(F)F)cc1. The van der Waals surface area contributed by atoms with Crippen molar-refractivity contribution in [3.05, 3.63) is 47.7 Å². The van der Waals surface area contributed by atoms with Gasteiger partial charge in [-0.05, 0) is 16.5 Å². The van der Waals surface area contributed by atoms with Gasteiger partial charge in [0.05, 0.1) is 12.7 Å². The van der Waals surface area contributed by atoms with Crippen molar-refractivity contribution in [1.82, 2.24) is 15.1 Å². The molecular formula is C20H25F3N4O3. The van der Waals surface area contributed by atoms with E-state index in [0.29, 0.717) is 12.4 Å². The molecule has 1 heterocycles. The molecule has 0 saturated heterocycles. The number of carbonyl (C=O) groups excluding carboxylic acids is 2. The zero-order valence-corrected chi connectivity index (χ0v) is 17.0. The number of carbonyl (C=O) groups is 2. The van der Waals surface area contributed by atoms with Gasteiger partial charge in [0.25, 0.3) is 0 Å². The molecule has 0 unspecified atom stereocenters. The van der Waals surface area contributed by atoms with Gasteiger partial charge in [-0.25, -0.2) is 9.48 Å². The van der Waals surface area contributed by atoms with Gasteiger partial charge in [-0.2, -0.15) is 18.3 Å². The highest BCUT2D eigenvalue weighted by atomic mass is 19.4. The van der Waals surface area contributed by atoms with Gasteiger partial charge in [0, 0.05) is 19.0 Å². The normalized spacial score (nSPS) is 11.8. The van der Waals surface area contributed by atoms with Gasteiger partial charge in [-0.1, -0.05) is 45.0 Å². The Morgan fingerprint density at radius 3 is 2.37 bits per heavy atom. The van der Waals surface area contributed by atoms with Crippen molar-refractivity contribution in [2.24, 2.45) is 0 Å². The Morgan fingerprint density at radius 1 is 1.10 bits per heavy atom. The van der Waals surface area contributed by atoms with Crippen LogP contribution in [0.25, 0.3) is 0 Å². The summed E-state index contributed by atoms with van der Waals surface area (Å²) >= 11 is 0. The highest BCUT2D eigenvalue weighted by Gasteiger charge is 2.29. The summed E-state index contributed by atoms with van der Waals surface area (Å²) in [5.74, 6) is 0.0514. The van der Waals surface area contributed by atoms with Crippen molar-refractivity contribution in [1.29, 1.82) is 0 Å². The van der Waals surface area contributed by atoms with Gasteiger partial charge in [0.2, 0.25) is 5.91 Å². The van der Waals surface area contributed by atoms with Crippen LogP contribution in [0, 0.1) is 0 Å². The van der Waals surface area contributed by atoms with Crippen LogP contribution in [0.5, 0.6) is 0 Å². The minimum atomic E-state index is -4.60. The molecule has 30 heavy (non-hydrogen) atoms. The van der Waals surface area contributed by atoms with Crippen molar-refractivity contribution in [3.63, 3.8) is 0 Å². The maximum Gasteiger partial charge on any atom is 0.422 e. The van der Waals surface area contributed by atoms with Crippen LogP contribution in [-0.2, 0) is 21.5 Å². The zero-order chi connectivity index (χ0) is 22.4. The Bertz CT molecular complexity index is 855. The molecule has 0 aliphatic carbocycles.